The minimum Gasteiger partial charge on any atom is -0.497 e. The van der Waals surface area contributed by atoms with Gasteiger partial charge < -0.3 is 24.0 Å². The summed E-state index contributed by atoms with van der Waals surface area (Å²) in [5.41, 5.74) is -0.596. The number of hydrogen-bond acceptors (Lipinski definition) is 7. The quantitative estimate of drug-likeness (QED) is 0.614. The summed E-state index contributed by atoms with van der Waals surface area (Å²) < 4.78 is 43.8. The van der Waals surface area contributed by atoms with Crippen LogP contribution in [0.2, 0.25) is 0 Å². The Morgan fingerprint density at radius 2 is 1.65 bits per heavy atom. The van der Waals surface area contributed by atoms with Crippen LogP contribution in [0.3, 0.4) is 0 Å². The predicted molar refractivity (Wildman–Crippen MR) is 125 cm³/mol. The molecule has 1 aromatic carbocycles. The molecule has 0 bridgehead atoms. The Balaban J connectivity index is 1.63. The van der Waals surface area contributed by atoms with Gasteiger partial charge in [0.15, 0.2) is 0 Å². The van der Waals surface area contributed by atoms with Crippen molar-refractivity contribution in [3.8, 4) is 11.5 Å². The molecule has 0 spiro atoms. The maximum Gasteiger partial charge on any atom is 0.410 e. The van der Waals surface area contributed by atoms with Crippen LogP contribution < -0.4 is 9.47 Å². The van der Waals surface area contributed by atoms with Crippen LogP contribution in [0.15, 0.2) is 23.1 Å². The average Bonchev–Trinajstić information content (AvgIpc) is 2.82. The molecular formula is C23H35N3O7S. The third kappa shape index (κ3) is 5.93. The summed E-state index contributed by atoms with van der Waals surface area (Å²) in [6.45, 7) is 7.24. The molecule has 1 unspecified atom stereocenters. The van der Waals surface area contributed by atoms with Crippen LogP contribution in [0.25, 0.3) is 0 Å². The Kier molecular flexibility index (Phi) is 7.97. The van der Waals surface area contributed by atoms with Gasteiger partial charge >= 0.3 is 6.09 Å². The summed E-state index contributed by atoms with van der Waals surface area (Å²) in [5, 5.41) is 0. The van der Waals surface area contributed by atoms with E-state index in [1.54, 1.807) is 21.9 Å². The first-order valence-corrected chi connectivity index (χ1v) is 12.9. The second kappa shape index (κ2) is 10.4. The van der Waals surface area contributed by atoms with Crippen molar-refractivity contribution in [1.29, 1.82) is 0 Å². The molecule has 1 aromatic rings. The van der Waals surface area contributed by atoms with E-state index < -0.39 is 21.7 Å². The van der Waals surface area contributed by atoms with Crippen LogP contribution in [0.4, 0.5) is 4.79 Å². The Hall–Kier alpha value is -2.53. The molecule has 2 aliphatic rings. The standard InChI is InChI=1S/C23H35N3O7S/c1-23(2,3)33-22(28)25-10-6-7-17(16-25)21(27)24-11-13-26(14-12-24)34(29,30)20-15-18(31-4)8-9-19(20)32-5/h8-9,15,17H,6-7,10-14,16H2,1-5H3. The zero-order valence-electron chi connectivity index (χ0n) is 20.6. The normalized spacial score (nSPS) is 20.1. The Morgan fingerprint density at radius 3 is 2.24 bits per heavy atom. The summed E-state index contributed by atoms with van der Waals surface area (Å²) in [6, 6.07) is 4.64. The van der Waals surface area contributed by atoms with Crippen molar-refractivity contribution in [3.05, 3.63) is 18.2 Å². The molecule has 10 nitrogen and oxygen atoms in total. The van der Waals surface area contributed by atoms with E-state index in [0.717, 1.165) is 6.42 Å². The lowest BCUT2D eigenvalue weighted by atomic mass is 9.96. The molecule has 3 rings (SSSR count). The molecule has 2 heterocycles. The highest BCUT2D eigenvalue weighted by Crippen LogP contribution is 2.31. The molecule has 0 aliphatic carbocycles. The molecule has 0 N–H and O–H groups in total. The molecule has 0 aromatic heterocycles. The lowest BCUT2D eigenvalue weighted by molar-refractivity contribution is -0.138. The van der Waals surface area contributed by atoms with Gasteiger partial charge in [-0.25, -0.2) is 13.2 Å². The highest BCUT2D eigenvalue weighted by atomic mass is 32.2. The van der Waals surface area contributed by atoms with Crippen molar-refractivity contribution in [3.63, 3.8) is 0 Å². The highest BCUT2D eigenvalue weighted by molar-refractivity contribution is 7.89. The van der Waals surface area contributed by atoms with Crippen LogP contribution in [0.5, 0.6) is 11.5 Å². The number of piperazine rings is 1. The van der Waals surface area contributed by atoms with E-state index in [-0.39, 0.29) is 48.6 Å². The summed E-state index contributed by atoms with van der Waals surface area (Å²) >= 11 is 0. The van der Waals surface area contributed by atoms with Crippen LogP contribution in [0.1, 0.15) is 33.6 Å². The Morgan fingerprint density at radius 1 is 0.971 bits per heavy atom. The number of amides is 2. The molecule has 2 aliphatic heterocycles. The molecule has 190 valence electrons. The summed E-state index contributed by atoms with van der Waals surface area (Å²) in [5.74, 6) is 0.288. The smallest absolute Gasteiger partial charge is 0.410 e. The first-order chi connectivity index (χ1) is 16.0. The second-order valence-corrected chi connectivity index (χ2v) is 11.4. The molecule has 2 saturated heterocycles. The topological polar surface area (TPSA) is 106 Å². The fourth-order valence-electron chi connectivity index (χ4n) is 4.20. The van der Waals surface area contributed by atoms with Crippen LogP contribution in [0, 0.1) is 5.92 Å². The SMILES string of the molecule is COc1ccc(OC)c(S(=O)(=O)N2CCN(C(=O)C3CCCN(C(=O)OC(C)(C)C)C3)CC2)c1. The van der Waals surface area contributed by atoms with Crippen LogP contribution >= 0.6 is 0 Å². The Bertz CT molecular complexity index is 998. The second-order valence-electron chi connectivity index (χ2n) is 9.51. The van der Waals surface area contributed by atoms with E-state index >= 15 is 0 Å². The maximum absolute atomic E-state index is 13.3. The Labute approximate surface area is 201 Å². The number of hydrogen-bond donors (Lipinski definition) is 0. The number of piperidine rings is 1. The van der Waals surface area contributed by atoms with Crippen molar-refractivity contribution in [2.24, 2.45) is 5.92 Å². The fourth-order valence-corrected chi connectivity index (χ4v) is 5.80. The van der Waals surface area contributed by atoms with Gasteiger partial charge in [0.05, 0.1) is 20.1 Å². The van der Waals surface area contributed by atoms with Gasteiger partial charge in [-0.2, -0.15) is 4.31 Å². The summed E-state index contributed by atoms with van der Waals surface area (Å²) in [7, 11) is -0.939. The third-order valence-electron chi connectivity index (χ3n) is 5.96. The largest absolute Gasteiger partial charge is 0.497 e. The van der Waals surface area contributed by atoms with Crippen molar-refractivity contribution in [1.82, 2.24) is 14.1 Å². The number of ether oxygens (including phenoxy) is 3. The molecule has 2 fully saturated rings. The van der Waals surface area contributed by atoms with Gasteiger partial charge in [0.25, 0.3) is 0 Å². The molecule has 11 heteroatoms. The number of benzene rings is 1. The number of nitrogens with zero attached hydrogens (tertiary/aromatic N) is 3. The van der Waals surface area contributed by atoms with Crippen LogP contribution in [-0.4, -0.2) is 93.6 Å². The van der Waals surface area contributed by atoms with Crippen molar-refractivity contribution >= 4 is 22.0 Å². The first-order valence-electron chi connectivity index (χ1n) is 11.4. The average molecular weight is 498 g/mol. The van der Waals surface area contributed by atoms with Gasteiger partial charge in [-0.1, -0.05) is 0 Å². The van der Waals surface area contributed by atoms with Crippen LogP contribution in [-0.2, 0) is 19.6 Å². The van der Waals surface area contributed by atoms with E-state index in [1.165, 1.54) is 24.6 Å². The number of sulfonamides is 1. The van der Waals surface area contributed by atoms with Gasteiger partial charge in [-0.05, 0) is 45.7 Å². The van der Waals surface area contributed by atoms with E-state index in [1.807, 2.05) is 20.8 Å². The maximum atomic E-state index is 13.3. The third-order valence-corrected chi connectivity index (χ3v) is 7.88. The zero-order valence-corrected chi connectivity index (χ0v) is 21.4. The number of carbonyl (C=O) groups excluding carboxylic acids is 2. The van der Waals surface area contributed by atoms with E-state index in [2.05, 4.69) is 0 Å². The van der Waals surface area contributed by atoms with Crippen molar-refractivity contribution in [2.45, 2.75) is 44.1 Å². The lowest BCUT2D eigenvalue weighted by Crippen LogP contribution is -2.54. The zero-order chi connectivity index (χ0) is 25.1. The van der Waals surface area contributed by atoms with Gasteiger partial charge in [0.2, 0.25) is 15.9 Å². The summed E-state index contributed by atoms with van der Waals surface area (Å²) in [4.78, 5) is 28.9. The molecule has 0 radical (unpaired) electrons. The minimum absolute atomic E-state index is 0.0365. The fraction of sp³-hybridized carbons (Fsp3) is 0.652. The monoisotopic (exact) mass is 497 g/mol. The van der Waals surface area contributed by atoms with Gasteiger partial charge in [-0.15, -0.1) is 0 Å². The van der Waals surface area contributed by atoms with Gasteiger partial charge in [0, 0.05) is 45.3 Å². The van der Waals surface area contributed by atoms with Gasteiger partial charge in [0.1, 0.15) is 22.0 Å². The predicted octanol–water partition coefficient (Wildman–Crippen LogP) is 2.18. The number of rotatable bonds is 5. The van der Waals surface area contributed by atoms with E-state index in [9.17, 15) is 18.0 Å². The van der Waals surface area contributed by atoms with Crippen molar-refractivity contribution in [2.75, 3.05) is 53.5 Å². The van der Waals surface area contributed by atoms with E-state index in [0.29, 0.717) is 25.3 Å². The lowest BCUT2D eigenvalue weighted by Gasteiger charge is -2.38. The highest BCUT2D eigenvalue weighted by Gasteiger charge is 2.37. The molecular weight excluding hydrogens is 462 g/mol. The van der Waals surface area contributed by atoms with E-state index in [4.69, 9.17) is 14.2 Å². The number of likely N-dealkylation sites (tertiary alicyclic amines) is 1. The number of carbonyl (C=O) groups is 2. The minimum atomic E-state index is -3.83. The molecule has 34 heavy (non-hydrogen) atoms. The molecule has 1 atom stereocenters. The van der Waals surface area contributed by atoms with Crippen molar-refractivity contribution < 1.29 is 32.2 Å². The molecule has 0 saturated carbocycles. The van der Waals surface area contributed by atoms with Gasteiger partial charge in [-0.3, -0.25) is 4.79 Å². The number of methoxy groups -OCH3 is 2. The molecule has 2 amide bonds. The summed E-state index contributed by atoms with van der Waals surface area (Å²) in [6.07, 6.45) is 1.00. The first kappa shape index (κ1) is 26.1.